The van der Waals surface area contributed by atoms with Gasteiger partial charge in [-0.15, -0.1) is 11.3 Å². The maximum atomic E-state index is 12.3. The Balaban J connectivity index is 2.48. The molecule has 1 aromatic rings. The maximum absolute atomic E-state index is 12.3. The lowest BCUT2D eigenvalue weighted by Gasteiger charge is -2.10. The number of sulfonamides is 1. The minimum absolute atomic E-state index is 0.340. The number of nitrogens with one attached hydrogen (secondary N) is 2. The summed E-state index contributed by atoms with van der Waals surface area (Å²) in [5.74, 6) is 1.14. The van der Waals surface area contributed by atoms with Gasteiger partial charge in [0.05, 0.1) is 4.90 Å². The minimum Gasteiger partial charge on any atom is -0.310 e. The van der Waals surface area contributed by atoms with E-state index in [0.717, 1.165) is 29.9 Å². The van der Waals surface area contributed by atoms with Crippen molar-refractivity contribution in [2.24, 2.45) is 0 Å². The van der Waals surface area contributed by atoms with Gasteiger partial charge in [-0.3, -0.25) is 0 Å². The summed E-state index contributed by atoms with van der Waals surface area (Å²) >= 11 is 3.31. The van der Waals surface area contributed by atoms with Gasteiger partial charge in [0.15, 0.2) is 0 Å². The predicted octanol–water partition coefficient (Wildman–Crippen LogP) is 3.06. The van der Waals surface area contributed by atoms with Crippen LogP contribution in [-0.4, -0.2) is 33.0 Å². The van der Waals surface area contributed by atoms with Crippen molar-refractivity contribution in [3.8, 4) is 0 Å². The van der Waals surface area contributed by atoms with E-state index in [1.807, 2.05) is 17.1 Å². The molecule has 4 nitrogen and oxygen atoms in total. The van der Waals surface area contributed by atoms with E-state index in [1.165, 1.54) is 11.3 Å². The third-order valence-corrected chi connectivity index (χ3v) is 6.27. The van der Waals surface area contributed by atoms with E-state index in [1.54, 1.807) is 6.07 Å². The lowest BCUT2D eigenvalue weighted by atomic mass is 10.2. The molecular formula is C14H26N2O2S3. The fourth-order valence-corrected chi connectivity index (χ4v) is 4.79. The monoisotopic (exact) mass is 350 g/mol. The van der Waals surface area contributed by atoms with Gasteiger partial charge in [-0.2, -0.15) is 11.8 Å². The largest absolute Gasteiger partial charge is 0.310 e. The van der Waals surface area contributed by atoms with Crippen LogP contribution in [0, 0.1) is 0 Å². The normalized spacial score (nSPS) is 12.2. The van der Waals surface area contributed by atoms with Crippen LogP contribution in [0.5, 0.6) is 0 Å². The third-order valence-electron chi connectivity index (χ3n) is 2.98. The SMILES string of the molecule is CSCCCCCNS(=O)(=O)c1ccsc1CNC(C)C. The molecule has 0 spiro atoms. The second kappa shape index (κ2) is 9.84. The molecule has 0 aromatic carbocycles. The van der Waals surface area contributed by atoms with Crippen molar-refractivity contribution in [2.75, 3.05) is 18.6 Å². The lowest BCUT2D eigenvalue weighted by molar-refractivity contribution is 0.568. The van der Waals surface area contributed by atoms with Crippen LogP contribution >= 0.6 is 23.1 Å². The van der Waals surface area contributed by atoms with Gasteiger partial charge in [-0.1, -0.05) is 20.3 Å². The predicted molar refractivity (Wildman–Crippen MR) is 93.7 cm³/mol. The topological polar surface area (TPSA) is 58.2 Å². The van der Waals surface area contributed by atoms with Gasteiger partial charge >= 0.3 is 0 Å². The maximum Gasteiger partial charge on any atom is 0.241 e. The van der Waals surface area contributed by atoms with Crippen LogP contribution < -0.4 is 10.0 Å². The highest BCUT2D eigenvalue weighted by Crippen LogP contribution is 2.21. The molecule has 0 aliphatic rings. The molecule has 0 atom stereocenters. The molecule has 0 amide bonds. The van der Waals surface area contributed by atoms with Crippen LogP contribution in [0.4, 0.5) is 0 Å². The Labute approximate surface area is 137 Å². The number of thioether (sulfide) groups is 1. The molecule has 2 N–H and O–H groups in total. The van der Waals surface area contributed by atoms with Crippen molar-refractivity contribution in [2.45, 2.75) is 50.6 Å². The van der Waals surface area contributed by atoms with E-state index in [0.29, 0.717) is 24.0 Å². The molecule has 1 rings (SSSR count). The van der Waals surface area contributed by atoms with E-state index in [2.05, 4.69) is 30.1 Å². The van der Waals surface area contributed by atoms with Crippen LogP contribution in [0.25, 0.3) is 0 Å². The zero-order chi connectivity index (χ0) is 15.7. The van der Waals surface area contributed by atoms with Crippen molar-refractivity contribution in [1.82, 2.24) is 10.0 Å². The Hall–Kier alpha value is -0.0800. The Morgan fingerprint density at radius 2 is 2.05 bits per heavy atom. The van der Waals surface area contributed by atoms with Crippen LogP contribution in [0.15, 0.2) is 16.3 Å². The molecule has 1 aromatic heterocycles. The van der Waals surface area contributed by atoms with E-state index in [9.17, 15) is 8.42 Å². The van der Waals surface area contributed by atoms with Crippen LogP contribution in [-0.2, 0) is 16.6 Å². The zero-order valence-electron chi connectivity index (χ0n) is 13.0. The second-order valence-electron chi connectivity index (χ2n) is 5.19. The molecule has 0 saturated heterocycles. The molecule has 0 fully saturated rings. The average molecular weight is 351 g/mol. The van der Waals surface area contributed by atoms with Crippen molar-refractivity contribution >= 4 is 33.1 Å². The van der Waals surface area contributed by atoms with Gasteiger partial charge in [0, 0.05) is 24.0 Å². The molecule has 122 valence electrons. The Kier molecular flexibility index (Phi) is 8.89. The first-order chi connectivity index (χ1) is 9.97. The van der Waals surface area contributed by atoms with Gasteiger partial charge in [-0.25, -0.2) is 13.1 Å². The molecule has 0 bridgehead atoms. The van der Waals surface area contributed by atoms with E-state index in [4.69, 9.17) is 0 Å². The Morgan fingerprint density at radius 1 is 1.29 bits per heavy atom. The smallest absolute Gasteiger partial charge is 0.241 e. The standard InChI is InChI=1S/C14H26N2O2S3/c1-12(2)15-11-13-14(7-10-20-13)21(17,18)16-8-5-4-6-9-19-3/h7,10,12,15-16H,4-6,8-9,11H2,1-3H3. The highest BCUT2D eigenvalue weighted by molar-refractivity contribution is 7.98. The van der Waals surface area contributed by atoms with Gasteiger partial charge in [-0.05, 0) is 36.3 Å². The minimum atomic E-state index is -3.37. The summed E-state index contributed by atoms with van der Waals surface area (Å²) in [6.45, 7) is 5.21. The quantitative estimate of drug-likeness (QED) is 0.602. The van der Waals surface area contributed by atoms with Crippen LogP contribution in [0.1, 0.15) is 38.0 Å². The lowest BCUT2D eigenvalue weighted by Crippen LogP contribution is -2.27. The van der Waals surface area contributed by atoms with Crippen molar-refractivity contribution in [3.05, 3.63) is 16.3 Å². The second-order valence-corrected chi connectivity index (χ2v) is 8.92. The Bertz CT molecular complexity index is 498. The molecule has 7 heteroatoms. The average Bonchev–Trinajstić information content (AvgIpc) is 2.89. The summed E-state index contributed by atoms with van der Waals surface area (Å²) in [5, 5.41) is 5.10. The fourth-order valence-electron chi connectivity index (χ4n) is 1.83. The molecule has 0 saturated carbocycles. The summed E-state index contributed by atoms with van der Waals surface area (Å²) in [4.78, 5) is 1.29. The fraction of sp³-hybridized carbons (Fsp3) is 0.714. The number of hydrogen-bond acceptors (Lipinski definition) is 5. The van der Waals surface area contributed by atoms with Gasteiger partial charge < -0.3 is 5.32 Å². The number of rotatable bonds is 11. The number of hydrogen-bond donors (Lipinski definition) is 2. The zero-order valence-corrected chi connectivity index (χ0v) is 15.5. The summed E-state index contributed by atoms with van der Waals surface area (Å²) in [6, 6.07) is 2.03. The van der Waals surface area contributed by atoms with E-state index in [-0.39, 0.29) is 0 Å². The summed E-state index contributed by atoms with van der Waals surface area (Å²) in [6.07, 6.45) is 5.19. The van der Waals surface area contributed by atoms with Crippen LogP contribution in [0.3, 0.4) is 0 Å². The van der Waals surface area contributed by atoms with Crippen molar-refractivity contribution in [1.29, 1.82) is 0 Å². The van der Waals surface area contributed by atoms with Crippen molar-refractivity contribution < 1.29 is 8.42 Å². The Morgan fingerprint density at radius 3 is 2.71 bits per heavy atom. The molecular weight excluding hydrogens is 324 g/mol. The highest BCUT2D eigenvalue weighted by atomic mass is 32.2. The number of thiophene rings is 1. The van der Waals surface area contributed by atoms with Gasteiger partial charge in [0.25, 0.3) is 0 Å². The first-order valence-electron chi connectivity index (χ1n) is 7.25. The van der Waals surface area contributed by atoms with Crippen LogP contribution in [0.2, 0.25) is 0 Å². The van der Waals surface area contributed by atoms with Gasteiger partial charge in [0.1, 0.15) is 0 Å². The molecule has 0 unspecified atom stereocenters. The molecule has 21 heavy (non-hydrogen) atoms. The molecule has 0 aliphatic heterocycles. The molecule has 0 aliphatic carbocycles. The van der Waals surface area contributed by atoms with Crippen molar-refractivity contribution in [3.63, 3.8) is 0 Å². The first kappa shape index (κ1) is 19.0. The summed E-state index contributed by atoms with van der Waals surface area (Å²) < 4.78 is 27.3. The van der Waals surface area contributed by atoms with E-state index < -0.39 is 10.0 Å². The van der Waals surface area contributed by atoms with E-state index >= 15 is 0 Å². The number of unbranched alkanes of at least 4 members (excludes halogenated alkanes) is 2. The molecule has 0 radical (unpaired) electrons. The molecule has 1 heterocycles. The first-order valence-corrected chi connectivity index (χ1v) is 11.0. The highest BCUT2D eigenvalue weighted by Gasteiger charge is 2.19. The summed E-state index contributed by atoms with van der Waals surface area (Å²) in [7, 11) is -3.37. The third kappa shape index (κ3) is 7.15. The summed E-state index contributed by atoms with van der Waals surface area (Å²) in [5.41, 5.74) is 0. The van der Waals surface area contributed by atoms with Gasteiger partial charge in [0.2, 0.25) is 10.0 Å².